The fourth-order valence-corrected chi connectivity index (χ4v) is 3.54. The van der Waals surface area contributed by atoms with Crippen LogP contribution >= 0.6 is 0 Å². The largest absolute Gasteiger partial charge is 0.338 e. The maximum absolute atomic E-state index is 12.6. The smallest absolute Gasteiger partial charge is 0.296 e. The van der Waals surface area contributed by atoms with Crippen molar-refractivity contribution in [2.45, 2.75) is 31.6 Å². The van der Waals surface area contributed by atoms with E-state index in [2.05, 4.69) is 6.58 Å². The number of rotatable bonds is 5. The minimum Gasteiger partial charge on any atom is -0.296 e. The topological polar surface area (TPSA) is 57.7 Å². The summed E-state index contributed by atoms with van der Waals surface area (Å²) in [6, 6.07) is 5.98. The Kier molecular flexibility index (Phi) is 4.37. The molecular formula is C15H20N2O3S. The van der Waals surface area contributed by atoms with E-state index >= 15 is 0 Å². The van der Waals surface area contributed by atoms with Gasteiger partial charge in [0.1, 0.15) is 0 Å². The average Bonchev–Trinajstić information content (AvgIpc) is 2.73. The molecule has 1 aromatic carbocycles. The van der Waals surface area contributed by atoms with Crippen LogP contribution < -0.4 is 0 Å². The fourth-order valence-electron chi connectivity index (χ4n) is 2.18. The van der Waals surface area contributed by atoms with Gasteiger partial charge in [-0.1, -0.05) is 37.6 Å². The second kappa shape index (κ2) is 5.89. The molecule has 0 saturated carbocycles. The van der Waals surface area contributed by atoms with E-state index in [9.17, 15) is 13.2 Å². The Morgan fingerprint density at radius 3 is 2.43 bits per heavy atom. The van der Waals surface area contributed by atoms with E-state index in [4.69, 9.17) is 0 Å². The highest BCUT2D eigenvalue weighted by atomic mass is 32.2. The molecule has 1 saturated heterocycles. The molecule has 0 spiro atoms. The third kappa shape index (κ3) is 2.95. The van der Waals surface area contributed by atoms with Gasteiger partial charge in [-0.15, -0.1) is 0 Å². The molecule has 0 radical (unpaired) electrons. The van der Waals surface area contributed by atoms with Crippen molar-refractivity contribution in [3.63, 3.8) is 0 Å². The fraction of sp³-hybridized carbons (Fsp3) is 0.400. The van der Waals surface area contributed by atoms with Gasteiger partial charge in [-0.2, -0.15) is 0 Å². The van der Waals surface area contributed by atoms with Gasteiger partial charge in [0.15, 0.2) is 0 Å². The maximum atomic E-state index is 12.6. The lowest BCUT2D eigenvalue weighted by Gasteiger charge is -2.18. The number of unbranched alkanes of at least 4 members (excludes halogenated alkanes) is 1. The third-order valence-corrected chi connectivity index (χ3v) is 5.23. The van der Waals surface area contributed by atoms with Gasteiger partial charge in [0.25, 0.3) is 10.0 Å². The summed E-state index contributed by atoms with van der Waals surface area (Å²) in [5, 5.41) is 0. The number of aryl methyl sites for hydroxylation is 1. The molecule has 21 heavy (non-hydrogen) atoms. The molecule has 1 fully saturated rings. The summed E-state index contributed by atoms with van der Waals surface area (Å²) in [7, 11) is -3.81. The van der Waals surface area contributed by atoms with Gasteiger partial charge in [0.2, 0.25) is 0 Å². The highest BCUT2D eigenvalue weighted by molar-refractivity contribution is 7.89. The van der Waals surface area contributed by atoms with Crippen LogP contribution in [0.3, 0.4) is 0 Å². The molecule has 1 aliphatic heterocycles. The van der Waals surface area contributed by atoms with Crippen molar-refractivity contribution in [3.05, 3.63) is 42.1 Å². The lowest BCUT2D eigenvalue weighted by molar-refractivity contribution is 0.210. The number of carbonyl (C=O) groups is 1. The Balaban J connectivity index is 2.27. The van der Waals surface area contributed by atoms with Crippen molar-refractivity contribution in [3.8, 4) is 0 Å². The van der Waals surface area contributed by atoms with Crippen LogP contribution in [0.1, 0.15) is 25.3 Å². The number of carbonyl (C=O) groups excluding carboxylic acids is 1. The molecular weight excluding hydrogens is 288 g/mol. The maximum Gasteiger partial charge on any atom is 0.338 e. The van der Waals surface area contributed by atoms with Crippen molar-refractivity contribution in [2.75, 3.05) is 13.1 Å². The first-order chi connectivity index (χ1) is 9.87. The highest BCUT2D eigenvalue weighted by Crippen LogP contribution is 2.26. The van der Waals surface area contributed by atoms with E-state index in [0.29, 0.717) is 12.2 Å². The molecule has 2 rings (SSSR count). The number of benzene rings is 1. The quantitative estimate of drug-likeness (QED) is 0.840. The van der Waals surface area contributed by atoms with Crippen LogP contribution in [-0.2, 0) is 10.0 Å². The monoisotopic (exact) mass is 308 g/mol. The number of amides is 2. The minimum atomic E-state index is -3.81. The Hall–Kier alpha value is -1.82. The summed E-state index contributed by atoms with van der Waals surface area (Å²) in [5.41, 5.74) is 1.50. The van der Waals surface area contributed by atoms with Crippen LogP contribution in [0, 0.1) is 6.92 Å². The van der Waals surface area contributed by atoms with Gasteiger partial charge in [-0.25, -0.2) is 17.5 Å². The van der Waals surface area contributed by atoms with E-state index in [1.807, 2.05) is 13.8 Å². The zero-order valence-corrected chi connectivity index (χ0v) is 13.2. The molecule has 0 unspecified atom stereocenters. The molecule has 6 heteroatoms. The summed E-state index contributed by atoms with van der Waals surface area (Å²) in [5.74, 6) is 0. The van der Waals surface area contributed by atoms with Crippen LogP contribution in [0.5, 0.6) is 0 Å². The van der Waals surface area contributed by atoms with Crippen molar-refractivity contribution in [1.82, 2.24) is 9.21 Å². The van der Waals surface area contributed by atoms with Gasteiger partial charge in [0, 0.05) is 12.2 Å². The van der Waals surface area contributed by atoms with Gasteiger partial charge in [-0.05, 0) is 25.5 Å². The summed E-state index contributed by atoms with van der Waals surface area (Å²) < 4.78 is 26.0. The second-order valence-corrected chi connectivity index (χ2v) is 7.04. The SMILES string of the molecule is C=C1CN(S(=O)(=O)c2ccc(C)cc2)C(=O)N1CCCC. The van der Waals surface area contributed by atoms with Crippen molar-refractivity contribution < 1.29 is 13.2 Å². The zero-order valence-electron chi connectivity index (χ0n) is 12.4. The highest BCUT2D eigenvalue weighted by Gasteiger charge is 2.39. The zero-order chi connectivity index (χ0) is 15.6. The number of urea groups is 1. The standard InChI is InChI=1S/C15H20N2O3S/c1-4-5-10-16-13(3)11-17(15(16)18)21(19,20)14-8-6-12(2)7-9-14/h6-9H,3-5,10-11H2,1-2H3. The number of hydrogen-bond acceptors (Lipinski definition) is 3. The first-order valence-electron chi connectivity index (χ1n) is 6.96. The minimum absolute atomic E-state index is 0.0265. The van der Waals surface area contributed by atoms with Gasteiger partial charge in [0.05, 0.1) is 11.4 Å². The molecule has 0 aliphatic carbocycles. The molecule has 5 nitrogen and oxygen atoms in total. The van der Waals surface area contributed by atoms with E-state index in [0.717, 1.165) is 22.7 Å². The molecule has 1 heterocycles. The molecule has 0 bridgehead atoms. The predicted molar refractivity (Wildman–Crippen MR) is 81.2 cm³/mol. The van der Waals surface area contributed by atoms with E-state index in [1.54, 1.807) is 12.1 Å². The normalized spacial score (nSPS) is 15.9. The molecule has 0 N–H and O–H groups in total. The number of hydrogen-bond donors (Lipinski definition) is 0. The van der Waals surface area contributed by atoms with Crippen molar-refractivity contribution in [2.24, 2.45) is 0 Å². The van der Waals surface area contributed by atoms with Gasteiger partial charge >= 0.3 is 6.03 Å². The Morgan fingerprint density at radius 1 is 1.24 bits per heavy atom. The van der Waals surface area contributed by atoms with Gasteiger partial charge in [-0.3, -0.25) is 4.90 Å². The van der Waals surface area contributed by atoms with Crippen molar-refractivity contribution >= 4 is 16.1 Å². The molecule has 0 aromatic heterocycles. The summed E-state index contributed by atoms with van der Waals surface area (Å²) >= 11 is 0. The van der Waals surface area contributed by atoms with Crippen LogP contribution in [0.15, 0.2) is 41.4 Å². The molecule has 2 amide bonds. The lowest BCUT2D eigenvalue weighted by Crippen LogP contribution is -2.36. The molecule has 1 aliphatic rings. The van der Waals surface area contributed by atoms with Crippen LogP contribution in [0.4, 0.5) is 4.79 Å². The van der Waals surface area contributed by atoms with Gasteiger partial charge < -0.3 is 0 Å². The number of sulfonamides is 1. The Bertz CT molecular complexity index is 650. The molecule has 1 aromatic rings. The first-order valence-corrected chi connectivity index (χ1v) is 8.40. The summed E-state index contributed by atoms with van der Waals surface area (Å²) in [6.45, 7) is 8.24. The third-order valence-electron chi connectivity index (χ3n) is 3.50. The van der Waals surface area contributed by atoms with E-state index < -0.39 is 16.1 Å². The van der Waals surface area contributed by atoms with Crippen LogP contribution in [0.25, 0.3) is 0 Å². The van der Waals surface area contributed by atoms with E-state index in [1.165, 1.54) is 17.0 Å². The lowest BCUT2D eigenvalue weighted by atomic mass is 10.2. The van der Waals surface area contributed by atoms with Crippen LogP contribution in [0.2, 0.25) is 0 Å². The second-order valence-electron chi connectivity index (χ2n) is 5.18. The first kappa shape index (κ1) is 15.6. The van der Waals surface area contributed by atoms with Crippen LogP contribution in [-0.4, -0.2) is 36.7 Å². The Labute approximate surface area is 125 Å². The molecule has 0 atom stereocenters. The predicted octanol–water partition coefficient (Wildman–Crippen LogP) is 2.74. The average molecular weight is 308 g/mol. The summed E-state index contributed by atoms with van der Waals surface area (Å²) in [4.78, 5) is 13.9. The van der Waals surface area contributed by atoms with Crippen molar-refractivity contribution in [1.29, 1.82) is 0 Å². The Morgan fingerprint density at radius 2 is 1.86 bits per heavy atom. The molecule has 114 valence electrons. The summed E-state index contributed by atoms with van der Waals surface area (Å²) in [6.07, 6.45) is 1.75. The van der Waals surface area contributed by atoms with E-state index in [-0.39, 0.29) is 11.4 Å². The number of nitrogens with zero attached hydrogens (tertiary/aromatic N) is 2.